The van der Waals surface area contributed by atoms with Gasteiger partial charge in [0.15, 0.2) is 11.3 Å². The molecule has 0 spiro atoms. The fourth-order valence-corrected chi connectivity index (χ4v) is 9.52. The lowest BCUT2D eigenvalue weighted by Gasteiger charge is -2.28. The number of nitrogens with one attached hydrogen (secondary N) is 1. The van der Waals surface area contributed by atoms with Crippen molar-refractivity contribution in [2.45, 2.75) is 64.4 Å². The molecule has 1 N–H and O–H groups in total. The number of aromatic nitrogens is 10. The lowest BCUT2D eigenvalue weighted by molar-refractivity contribution is 0.0575. The number of hydrogen-bond acceptors (Lipinski definition) is 15. The summed E-state index contributed by atoms with van der Waals surface area (Å²) < 4.78 is 9.14. The van der Waals surface area contributed by atoms with Gasteiger partial charge in [-0.1, -0.05) is 58.5 Å². The van der Waals surface area contributed by atoms with Crippen LogP contribution in [-0.4, -0.2) is 137 Å². The fraction of sp³-hybridized carbons (Fsp3) is 0.353. The van der Waals surface area contributed by atoms with E-state index in [4.69, 9.17) is 61.1 Å². The average molecular weight is 1070 g/mol. The van der Waals surface area contributed by atoms with E-state index < -0.39 is 11.7 Å². The Hall–Kier alpha value is -6.41. The Labute approximate surface area is 443 Å². The summed E-state index contributed by atoms with van der Waals surface area (Å²) in [5, 5.41) is 14.4. The fourth-order valence-electron chi connectivity index (χ4n) is 8.57. The Bertz CT molecular complexity index is 3220. The number of amides is 1. The first kappa shape index (κ1) is 51.5. The van der Waals surface area contributed by atoms with Crippen molar-refractivity contribution < 1.29 is 9.53 Å². The molecule has 6 aromatic heterocycles. The average Bonchev–Trinajstić information content (AvgIpc) is 4.21. The number of rotatable bonds is 12. The van der Waals surface area contributed by atoms with Gasteiger partial charge in [0, 0.05) is 125 Å². The van der Waals surface area contributed by atoms with Gasteiger partial charge in [-0.25, -0.2) is 34.7 Å². The van der Waals surface area contributed by atoms with Crippen LogP contribution in [0.3, 0.4) is 0 Å². The summed E-state index contributed by atoms with van der Waals surface area (Å²) in [6, 6.07) is 19.0. The molecule has 380 valence electrons. The van der Waals surface area contributed by atoms with E-state index in [1.54, 1.807) is 70.2 Å². The van der Waals surface area contributed by atoms with Gasteiger partial charge in [0.05, 0.1) is 30.3 Å². The van der Waals surface area contributed by atoms with Gasteiger partial charge in [0.25, 0.3) is 0 Å². The van der Waals surface area contributed by atoms with E-state index in [1.807, 2.05) is 57.4 Å². The number of nitrogens with zero attached hydrogens (tertiary/aromatic N) is 15. The molecule has 22 heteroatoms. The van der Waals surface area contributed by atoms with Crippen molar-refractivity contribution in [3.63, 3.8) is 0 Å². The summed E-state index contributed by atoms with van der Waals surface area (Å²) in [4.78, 5) is 52.0. The summed E-state index contributed by atoms with van der Waals surface area (Å²) in [6.45, 7) is 9.79. The smallest absolute Gasteiger partial charge is 0.416 e. The quantitative estimate of drug-likeness (QED) is 0.123. The van der Waals surface area contributed by atoms with E-state index in [1.165, 1.54) is 4.90 Å². The van der Waals surface area contributed by atoms with Gasteiger partial charge in [-0.15, -0.1) is 0 Å². The molecule has 2 unspecified atom stereocenters. The first-order valence-electron chi connectivity index (χ1n) is 23.8. The van der Waals surface area contributed by atoms with Crippen molar-refractivity contribution in [1.82, 2.24) is 58.9 Å². The highest BCUT2D eigenvalue weighted by Gasteiger charge is 2.29. The van der Waals surface area contributed by atoms with Crippen molar-refractivity contribution in [3.05, 3.63) is 129 Å². The third-order valence-corrected chi connectivity index (χ3v) is 13.8. The molecule has 10 rings (SSSR count). The van der Waals surface area contributed by atoms with E-state index in [0.29, 0.717) is 73.0 Å². The Morgan fingerprint density at radius 2 is 1.16 bits per heavy atom. The van der Waals surface area contributed by atoms with Crippen LogP contribution in [0.4, 0.5) is 28.3 Å². The van der Waals surface area contributed by atoms with E-state index >= 15 is 0 Å². The number of ether oxygens (including phenoxy) is 1. The molecule has 2 fully saturated rings. The van der Waals surface area contributed by atoms with Crippen LogP contribution in [0.25, 0.3) is 33.8 Å². The van der Waals surface area contributed by atoms with Gasteiger partial charge >= 0.3 is 6.09 Å². The van der Waals surface area contributed by atoms with Crippen molar-refractivity contribution in [2.24, 2.45) is 0 Å². The van der Waals surface area contributed by atoms with Crippen LogP contribution in [0.5, 0.6) is 0 Å². The summed E-state index contributed by atoms with van der Waals surface area (Å²) >= 11 is 25.0. The van der Waals surface area contributed by atoms with E-state index in [9.17, 15) is 4.79 Å². The number of anilines is 4. The molecule has 0 saturated carbocycles. The Morgan fingerprint density at radius 1 is 0.671 bits per heavy atom. The molecule has 2 atom stereocenters. The van der Waals surface area contributed by atoms with Crippen LogP contribution >= 0.6 is 46.4 Å². The molecule has 8 aromatic rings. The molecule has 2 aliphatic heterocycles. The molecular weight excluding hydrogens is 1010 g/mol. The minimum atomic E-state index is -0.719. The van der Waals surface area contributed by atoms with Gasteiger partial charge in [0.2, 0.25) is 11.9 Å². The number of fused-ring (bicyclic) bond motifs is 2. The second-order valence-corrected chi connectivity index (χ2v) is 21.1. The zero-order valence-electron chi connectivity index (χ0n) is 41.6. The maximum atomic E-state index is 13.6. The zero-order chi connectivity index (χ0) is 51.6. The van der Waals surface area contributed by atoms with Crippen molar-refractivity contribution in [3.8, 4) is 22.5 Å². The molecule has 1 amide bonds. The van der Waals surface area contributed by atoms with Crippen molar-refractivity contribution in [2.75, 3.05) is 74.4 Å². The minimum absolute atomic E-state index is 0.126. The predicted octanol–water partition coefficient (Wildman–Crippen LogP) is 9.82. The number of carbonyl (C=O) groups is 1. The van der Waals surface area contributed by atoms with E-state index in [2.05, 4.69) is 83.2 Å². The molecule has 2 saturated heterocycles. The standard InChI is InChI=1S/C28H32Cl2N8O2.C23H24Cl2N8/c1-28(2,3)40-27(39)37(16-18-6-7-20(29)12-22(18)30)25-13-23(34-24-8-10-33-38(24)25)19-14-31-26(32-15-19)36-11-9-21(17-36)35(4)5;1-31(2)18-6-8-32(14-18)23-27-12-16(13-28-23)20-10-22(33-21(30-20)5-7-29-33)26-11-15-3-4-17(24)9-19(15)25/h6-8,10,12-15,21H,9,11,16-17H2,1-5H3;3-5,7,9-10,12-13,18,26H,6,8,11,14H2,1-2H3. The predicted molar refractivity (Wildman–Crippen MR) is 289 cm³/mol. The highest BCUT2D eigenvalue weighted by molar-refractivity contribution is 6.35. The molecule has 0 radical (unpaired) electrons. The normalized spacial score (nSPS) is 15.9. The highest BCUT2D eigenvalue weighted by Crippen LogP contribution is 2.31. The van der Waals surface area contributed by atoms with Gasteiger partial charge in [-0.05, 0) is 97.2 Å². The van der Waals surface area contributed by atoms with Gasteiger partial charge in [-0.3, -0.25) is 4.90 Å². The highest BCUT2D eigenvalue weighted by atomic mass is 35.5. The topological polar surface area (TPSA) is 166 Å². The third-order valence-electron chi connectivity index (χ3n) is 12.6. The van der Waals surface area contributed by atoms with Crippen molar-refractivity contribution in [1.29, 1.82) is 0 Å². The number of likely N-dealkylation sites (N-methyl/N-ethyl adjacent to an activating group) is 2. The lowest BCUT2D eigenvalue weighted by atomic mass is 10.2. The van der Waals surface area contributed by atoms with Crippen LogP contribution in [0, 0.1) is 0 Å². The van der Waals surface area contributed by atoms with Crippen LogP contribution in [0.15, 0.2) is 97.8 Å². The molecule has 8 heterocycles. The summed E-state index contributed by atoms with van der Waals surface area (Å²) in [5.41, 5.74) is 5.13. The lowest BCUT2D eigenvalue weighted by Crippen LogP contribution is -2.37. The SMILES string of the molecule is CN(C)C1CCN(c2ncc(-c3cc(N(Cc4ccc(Cl)cc4Cl)C(=O)OC(C)(C)C)n4nccc4n3)cn2)C1.CN(C)C1CCN(c2ncc(-c3cc(NCc4ccc(Cl)cc4Cl)n4nccc4n3)cn2)C1. The molecule has 2 aliphatic rings. The third kappa shape index (κ3) is 12.2. The molecule has 18 nitrogen and oxygen atoms in total. The van der Waals surface area contributed by atoms with Crippen LogP contribution in [0.2, 0.25) is 20.1 Å². The first-order valence-corrected chi connectivity index (χ1v) is 25.3. The van der Waals surface area contributed by atoms with Gasteiger partial charge in [0.1, 0.15) is 17.2 Å². The van der Waals surface area contributed by atoms with Gasteiger partial charge in [-0.2, -0.15) is 19.2 Å². The Balaban J connectivity index is 0.000000183. The number of benzene rings is 2. The number of hydrogen-bond donors (Lipinski definition) is 1. The van der Waals surface area contributed by atoms with Crippen molar-refractivity contribution >= 4 is 87.3 Å². The molecule has 2 aromatic carbocycles. The zero-order valence-corrected chi connectivity index (χ0v) is 44.6. The second-order valence-electron chi connectivity index (χ2n) is 19.4. The summed E-state index contributed by atoms with van der Waals surface area (Å²) in [7, 11) is 8.41. The minimum Gasteiger partial charge on any atom is -0.443 e. The Morgan fingerprint density at radius 3 is 1.66 bits per heavy atom. The Kier molecular flexibility index (Phi) is 15.5. The first-order chi connectivity index (χ1) is 35.0. The maximum absolute atomic E-state index is 13.6. The van der Waals surface area contributed by atoms with Crippen LogP contribution in [0.1, 0.15) is 44.7 Å². The maximum Gasteiger partial charge on any atom is 0.416 e. The van der Waals surface area contributed by atoms with E-state index in [0.717, 1.165) is 73.3 Å². The number of carbonyl (C=O) groups excluding carboxylic acids is 1. The summed E-state index contributed by atoms with van der Waals surface area (Å²) in [5.74, 6) is 2.70. The largest absolute Gasteiger partial charge is 0.443 e. The van der Waals surface area contributed by atoms with Crippen LogP contribution in [-0.2, 0) is 17.8 Å². The molecule has 0 bridgehead atoms. The molecule has 73 heavy (non-hydrogen) atoms. The summed E-state index contributed by atoms with van der Waals surface area (Å²) in [6.07, 6.45) is 12.2. The van der Waals surface area contributed by atoms with Gasteiger partial charge < -0.3 is 29.7 Å². The second kappa shape index (κ2) is 22.0. The molecule has 0 aliphatic carbocycles. The van der Waals surface area contributed by atoms with Crippen LogP contribution < -0.4 is 20.0 Å². The van der Waals surface area contributed by atoms with E-state index in [-0.39, 0.29) is 6.54 Å². The molecular formula is C51H56Cl4N16O2. The number of halogens is 4. The monoisotopic (exact) mass is 1060 g/mol.